The zero-order valence-electron chi connectivity index (χ0n) is 18.6. The highest BCUT2D eigenvalue weighted by atomic mass is 32.2. The van der Waals surface area contributed by atoms with E-state index in [4.69, 9.17) is 4.74 Å². The number of carbonyl (C=O) groups is 2. The second-order valence-corrected chi connectivity index (χ2v) is 8.42. The standard InChI is InChI=1S/C21H23N5O5S/c1-11(27)15(20(29)24(2)3)32-18-14-17(25(4)21(30)26(5)19(14)28)22-16(23-18)12-7-9-13(31-6)10-8-12/h7-10,15H,1-6H3. The zero-order chi connectivity index (χ0) is 23.7. The van der Waals surface area contributed by atoms with E-state index in [0.717, 1.165) is 16.3 Å². The molecule has 1 unspecified atom stereocenters. The summed E-state index contributed by atoms with van der Waals surface area (Å²) in [4.78, 5) is 60.6. The fourth-order valence-electron chi connectivity index (χ4n) is 3.04. The van der Waals surface area contributed by atoms with Crippen molar-refractivity contribution in [1.82, 2.24) is 24.0 Å². The topological polar surface area (TPSA) is 116 Å². The molecule has 1 amide bonds. The van der Waals surface area contributed by atoms with Gasteiger partial charge in [0, 0.05) is 33.8 Å². The predicted octanol–water partition coefficient (Wildman–Crippen LogP) is 0.841. The zero-order valence-corrected chi connectivity index (χ0v) is 19.4. The van der Waals surface area contributed by atoms with Crippen LogP contribution in [0.2, 0.25) is 0 Å². The van der Waals surface area contributed by atoms with Crippen LogP contribution in [0.15, 0.2) is 38.9 Å². The molecule has 0 bridgehead atoms. The lowest BCUT2D eigenvalue weighted by atomic mass is 10.2. The second kappa shape index (κ2) is 8.95. The Hall–Kier alpha value is -3.47. The molecule has 11 heteroatoms. The van der Waals surface area contributed by atoms with Crippen LogP contribution >= 0.6 is 11.8 Å². The maximum absolute atomic E-state index is 13.0. The second-order valence-electron chi connectivity index (χ2n) is 7.33. The molecule has 1 aromatic carbocycles. The third-order valence-electron chi connectivity index (χ3n) is 4.88. The van der Waals surface area contributed by atoms with Gasteiger partial charge in [-0.1, -0.05) is 11.8 Å². The van der Waals surface area contributed by atoms with Gasteiger partial charge in [0.05, 0.1) is 7.11 Å². The van der Waals surface area contributed by atoms with Crippen molar-refractivity contribution in [2.75, 3.05) is 21.2 Å². The quantitative estimate of drug-likeness (QED) is 0.304. The highest BCUT2D eigenvalue weighted by Gasteiger charge is 2.29. The number of hydrogen-bond acceptors (Lipinski definition) is 8. The van der Waals surface area contributed by atoms with E-state index in [1.807, 2.05) is 0 Å². The number of methoxy groups -OCH3 is 1. The summed E-state index contributed by atoms with van der Waals surface area (Å²) < 4.78 is 7.36. The molecule has 2 heterocycles. The molecule has 0 N–H and O–H groups in total. The fourth-order valence-corrected chi connectivity index (χ4v) is 4.17. The first-order valence-corrected chi connectivity index (χ1v) is 10.4. The number of ketones is 1. The smallest absolute Gasteiger partial charge is 0.332 e. The summed E-state index contributed by atoms with van der Waals surface area (Å²) in [7, 11) is 7.48. The van der Waals surface area contributed by atoms with Crippen LogP contribution in [0, 0.1) is 0 Å². The van der Waals surface area contributed by atoms with E-state index in [1.165, 1.54) is 30.5 Å². The SMILES string of the molecule is COc1ccc(-c2nc(SC(C(C)=O)C(=O)N(C)C)c3c(=O)n(C)c(=O)n(C)c3n2)cc1. The third-order valence-corrected chi connectivity index (χ3v) is 6.17. The Kier molecular flexibility index (Phi) is 6.49. The van der Waals surface area contributed by atoms with Crippen LogP contribution in [0.4, 0.5) is 0 Å². The first kappa shape index (κ1) is 23.2. The molecule has 0 saturated carbocycles. The van der Waals surface area contributed by atoms with Crippen molar-refractivity contribution in [3.05, 3.63) is 45.1 Å². The number of carbonyl (C=O) groups excluding carboxylic acids is 2. The first-order valence-electron chi connectivity index (χ1n) is 9.57. The Morgan fingerprint density at radius 2 is 1.69 bits per heavy atom. The number of Topliss-reactive ketones (excluding diaryl/α,β-unsaturated/α-hetero) is 1. The van der Waals surface area contributed by atoms with Crippen molar-refractivity contribution in [2.45, 2.75) is 17.2 Å². The van der Waals surface area contributed by atoms with Crippen LogP contribution < -0.4 is 16.0 Å². The van der Waals surface area contributed by atoms with Crippen LogP contribution in [0.3, 0.4) is 0 Å². The fraction of sp³-hybridized carbons (Fsp3) is 0.333. The van der Waals surface area contributed by atoms with Gasteiger partial charge in [0.2, 0.25) is 5.91 Å². The lowest BCUT2D eigenvalue weighted by molar-refractivity contribution is -0.132. The van der Waals surface area contributed by atoms with Crippen molar-refractivity contribution in [3.8, 4) is 17.1 Å². The predicted molar refractivity (Wildman–Crippen MR) is 121 cm³/mol. The van der Waals surface area contributed by atoms with Gasteiger partial charge in [0.25, 0.3) is 5.56 Å². The largest absolute Gasteiger partial charge is 0.497 e. The van der Waals surface area contributed by atoms with E-state index in [2.05, 4.69) is 9.97 Å². The number of nitrogens with zero attached hydrogens (tertiary/aromatic N) is 5. The van der Waals surface area contributed by atoms with Gasteiger partial charge in [0.15, 0.2) is 17.3 Å². The molecule has 2 aromatic heterocycles. The maximum atomic E-state index is 13.0. The van der Waals surface area contributed by atoms with Crippen LogP contribution in [-0.4, -0.2) is 62.1 Å². The minimum Gasteiger partial charge on any atom is -0.497 e. The molecule has 3 aromatic rings. The molecule has 0 aliphatic carbocycles. The summed E-state index contributed by atoms with van der Waals surface area (Å²) in [6, 6.07) is 6.93. The van der Waals surface area contributed by atoms with E-state index in [1.54, 1.807) is 45.5 Å². The van der Waals surface area contributed by atoms with Crippen molar-refractivity contribution in [1.29, 1.82) is 0 Å². The highest BCUT2D eigenvalue weighted by molar-refractivity contribution is 8.01. The lowest BCUT2D eigenvalue weighted by Gasteiger charge is -2.19. The summed E-state index contributed by atoms with van der Waals surface area (Å²) in [6.07, 6.45) is 0. The summed E-state index contributed by atoms with van der Waals surface area (Å²) in [6.45, 7) is 1.31. The minimum atomic E-state index is -1.10. The monoisotopic (exact) mass is 457 g/mol. The number of amides is 1. The van der Waals surface area contributed by atoms with Crippen LogP contribution in [0.5, 0.6) is 5.75 Å². The lowest BCUT2D eigenvalue weighted by Crippen LogP contribution is -2.38. The Morgan fingerprint density at radius 1 is 1.06 bits per heavy atom. The molecular weight excluding hydrogens is 434 g/mol. The molecule has 1 atom stereocenters. The number of ether oxygens (including phenoxy) is 1. The van der Waals surface area contributed by atoms with E-state index < -0.39 is 22.4 Å². The number of rotatable bonds is 6. The van der Waals surface area contributed by atoms with Crippen LogP contribution in [0.25, 0.3) is 22.4 Å². The average molecular weight is 458 g/mol. The molecule has 0 radical (unpaired) electrons. The number of fused-ring (bicyclic) bond motifs is 1. The Morgan fingerprint density at radius 3 is 2.22 bits per heavy atom. The van der Waals surface area contributed by atoms with Gasteiger partial charge in [-0.05, 0) is 31.2 Å². The van der Waals surface area contributed by atoms with Gasteiger partial charge in [-0.3, -0.25) is 23.5 Å². The first-order chi connectivity index (χ1) is 15.1. The van der Waals surface area contributed by atoms with Gasteiger partial charge >= 0.3 is 5.69 Å². The number of thioether (sulfide) groups is 1. The minimum absolute atomic E-state index is 0.0645. The summed E-state index contributed by atoms with van der Waals surface area (Å²) >= 11 is 0.871. The molecule has 0 spiro atoms. The van der Waals surface area contributed by atoms with Gasteiger partial charge in [0.1, 0.15) is 21.4 Å². The van der Waals surface area contributed by atoms with E-state index in [0.29, 0.717) is 11.3 Å². The Labute approximate surface area is 187 Å². The van der Waals surface area contributed by atoms with Crippen LogP contribution in [-0.2, 0) is 23.7 Å². The van der Waals surface area contributed by atoms with Crippen molar-refractivity contribution in [3.63, 3.8) is 0 Å². The number of aromatic nitrogens is 4. The van der Waals surface area contributed by atoms with Gasteiger partial charge in [-0.15, -0.1) is 0 Å². The van der Waals surface area contributed by atoms with E-state index in [-0.39, 0.29) is 27.7 Å². The molecule has 168 valence electrons. The number of benzene rings is 1. The molecule has 0 saturated heterocycles. The van der Waals surface area contributed by atoms with Gasteiger partial charge < -0.3 is 9.64 Å². The Bertz CT molecular complexity index is 1330. The molecular formula is C21H23N5O5S. The van der Waals surface area contributed by atoms with E-state index in [9.17, 15) is 19.2 Å². The highest BCUT2D eigenvalue weighted by Crippen LogP contribution is 2.30. The molecule has 0 fully saturated rings. The molecule has 0 aliphatic heterocycles. The average Bonchev–Trinajstić information content (AvgIpc) is 2.78. The van der Waals surface area contributed by atoms with E-state index >= 15 is 0 Å². The van der Waals surface area contributed by atoms with Crippen LogP contribution in [0.1, 0.15) is 6.92 Å². The Balaban J connectivity index is 2.33. The molecule has 10 nitrogen and oxygen atoms in total. The van der Waals surface area contributed by atoms with Gasteiger partial charge in [-0.2, -0.15) is 0 Å². The molecule has 0 aliphatic rings. The molecule has 32 heavy (non-hydrogen) atoms. The number of hydrogen-bond donors (Lipinski definition) is 0. The summed E-state index contributed by atoms with van der Waals surface area (Å²) in [5, 5.41) is -0.893. The molecule has 3 rings (SSSR count). The summed E-state index contributed by atoms with van der Waals surface area (Å²) in [5.41, 5.74) is -0.432. The normalized spacial score (nSPS) is 11.9. The van der Waals surface area contributed by atoms with Crippen molar-refractivity contribution >= 4 is 34.5 Å². The van der Waals surface area contributed by atoms with Crippen molar-refractivity contribution in [2.24, 2.45) is 14.1 Å². The third kappa shape index (κ3) is 4.15. The number of aryl methyl sites for hydroxylation is 1. The maximum Gasteiger partial charge on any atom is 0.332 e. The van der Waals surface area contributed by atoms with Crippen molar-refractivity contribution < 1.29 is 14.3 Å². The van der Waals surface area contributed by atoms with Gasteiger partial charge in [-0.25, -0.2) is 14.8 Å². The summed E-state index contributed by atoms with van der Waals surface area (Å²) in [5.74, 6) is 0.0687.